The molecule has 0 N–H and O–H groups in total. The van der Waals surface area contributed by atoms with Gasteiger partial charge < -0.3 is 14.4 Å². The average Bonchev–Trinajstić information content (AvgIpc) is 2.79. The minimum absolute atomic E-state index is 0.0622. The van der Waals surface area contributed by atoms with Crippen LogP contribution in [0.2, 0.25) is 0 Å². The minimum Gasteiger partial charge on any atom is -0.486 e. The summed E-state index contributed by atoms with van der Waals surface area (Å²) < 4.78 is 51.3. The van der Waals surface area contributed by atoms with E-state index in [0.29, 0.717) is 38.6 Å². The van der Waals surface area contributed by atoms with Gasteiger partial charge in [0.2, 0.25) is 15.9 Å². The molecule has 2 aromatic carbocycles. The zero-order chi connectivity index (χ0) is 22.7. The minimum atomic E-state index is -3.78. The number of halogens is 1. The Hall–Kier alpha value is -2.69. The molecule has 0 radical (unpaired) electrons. The van der Waals surface area contributed by atoms with E-state index in [9.17, 15) is 17.6 Å². The standard InChI is InChI=1S/C22H26FN3O5S/c1-24(15-17-5-6-20-21(13-17)31-12-11-30-20)16-22(27)25-7-9-26(10-8-25)32(28,29)19-4-2-3-18(23)14-19/h2-6,13-14H,7-12,15-16H2,1H3. The van der Waals surface area contributed by atoms with Crippen LogP contribution in [0, 0.1) is 5.82 Å². The molecule has 2 aromatic rings. The van der Waals surface area contributed by atoms with Gasteiger partial charge in [0.1, 0.15) is 19.0 Å². The SMILES string of the molecule is CN(CC(=O)N1CCN(S(=O)(=O)c2cccc(F)c2)CC1)Cc1ccc2c(c1)OCCO2. The fourth-order valence-corrected chi connectivity index (χ4v) is 5.29. The molecule has 2 aliphatic heterocycles. The number of fused-ring (bicyclic) bond motifs is 1. The van der Waals surface area contributed by atoms with Crippen LogP contribution in [-0.4, -0.2) is 81.4 Å². The first-order chi connectivity index (χ1) is 15.3. The van der Waals surface area contributed by atoms with E-state index < -0.39 is 15.8 Å². The van der Waals surface area contributed by atoms with E-state index in [2.05, 4.69) is 0 Å². The molecule has 1 fully saturated rings. The van der Waals surface area contributed by atoms with Crippen molar-refractivity contribution >= 4 is 15.9 Å². The maximum atomic E-state index is 13.4. The molecule has 0 unspecified atom stereocenters. The van der Waals surface area contributed by atoms with Crippen LogP contribution < -0.4 is 9.47 Å². The van der Waals surface area contributed by atoms with Gasteiger partial charge in [0, 0.05) is 32.7 Å². The first-order valence-electron chi connectivity index (χ1n) is 10.4. The highest BCUT2D eigenvalue weighted by molar-refractivity contribution is 7.89. The Bertz CT molecular complexity index is 1090. The summed E-state index contributed by atoms with van der Waals surface area (Å²) in [6, 6.07) is 10.7. The van der Waals surface area contributed by atoms with E-state index in [4.69, 9.17) is 9.47 Å². The fourth-order valence-electron chi connectivity index (χ4n) is 3.84. The van der Waals surface area contributed by atoms with Gasteiger partial charge in [-0.1, -0.05) is 12.1 Å². The molecule has 0 atom stereocenters. The molecule has 0 aliphatic carbocycles. The maximum absolute atomic E-state index is 13.4. The number of rotatable bonds is 6. The topological polar surface area (TPSA) is 79.4 Å². The predicted octanol–water partition coefficient (Wildman–Crippen LogP) is 1.56. The summed E-state index contributed by atoms with van der Waals surface area (Å²) in [6.45, 7) is 2.79. The molecule has 2 heterocycles. The van der Waals surface area contributed by atoms with Crippen molar-refractivity contribution in [3.63, 3.8) is 0 Å². The number of nitrogens with zero attached hydrogens (tertiary/aromatic N) is 3. The molecule has 32 heavy (non-hydrogen) atoms. The number of hydrogen-bond acceptors (Lipinski definition) is 6. The van der Waals surface area contributed by atoms with Gasteiger partial charge in [0.05, 0.1) is 11.4 Å². The lowest BCUT2D eigenvalue weighted by Gasteiger charge is -2.34. The van der Waals surface area contributed by atoms with Crippen LogP contribution in [0.4, 0.5) is 4.39 Å². The van der Waals surface area contributed by atoms with E-state index in [1.807, 2.05) is 30.1 Å². The Morgan fingerprint density at radius 3 is 2.47 bits per heavy atom. The Kier molecular flexibility index (Phi) is 6.63. The summed E-state index contributed by atoms with van der Waals surface area (Å²) in [4.78, 5) is 16.2. The summed E-state index contributed by atoms with van der Waals surface area (Å²) in [7, 11) is -1.92. The number of carbonyl (C=O) groups is 1. The van der Waals surface area contributed by atoms with E-state index in [1.54, 1.807) is 4.90 Å². The van der Waals surface area contributed by atoms with Crippen molar-refractivity contribution in [2.75, 3.05) is 53.0 Å². The smallest absolute Gasteiger partial charge is 0.243 e. The zero-order valence-corrected chi connectivity index (χ0v) is 18.7. The molecule has 10 heteroatoms. The molecule has 2 aliphatic rings. The van der Waals surface area contributed by atoms with Gasteiger partial charge in [-0.15, -0.1) is 0 Å². The molecule has 172 valence electrons. The third-order valence-corrected chi connectivity index (χ3v) is 7.38. The lowest BCUT2D eigenvalue weighted by Crippen LogP contribution is -2.52. The van der Waals surface area contributed by atoms with Gasteiger partial charge in [-0.2, -0.15) is 4.31 Å². The fraction of sp³-hybridized carbons (Fsp3) is 0.409. The van der Waals surface area contributed by atoms with E-state index >= 15 is 0 Å². The summed E-state index contributed by atoms with van der Waals surface area (Å²) in [5, 5.41) is 0. The Morgan fingerprint density at radius 1 is 1.03 bits per heavy atom. The number of ether oxygens (including phenoxy) is 2. The second kappa shape index (κ2) is 9.43. The van der Waals surface area contributed by atoms with Crippen molar-refractivity contribution in [1.29, 1.82) is 0 Å². The molecular formula is C22H26FN3O5S. The van der Waals surface area contributed by atoms with Gasteiger partial charge >= 0.3 is 0 Å². The highest BCUT2D eigenvalue weighted by Crippen LogP contribution is 2.31. The quantitative estimate of drug-likeness (QED) is 0.647. The number of carbonyl (C=O) groups excluding carboxylic acids is 1. The molecule has 1 saturated heterocycles. The highest BCUT2D eigenvalue weighted by Gasteiger charge is 2.30. The molecule has 4 rings (SSSR count). The molecular weight excluding hydrogens is 437 g/mol. The Morgan fingerprint density at radius 2 is 1.75 bits per heavy atom. The summed E-state index contributed by atoms with van der Waals surface area (Å²) in [5.41, 5.74) is 1.01. The van der Waals surface area contributed by atoms with Crippen LogP contribution in [0.5, 0.6) is 11.5 Å². The first kappa shape index (κ1) is 22.5. The van der Waals surface area contributed by atoms with Gasteiger partial charge in [0.15, 0.2) is 11.5 Å². The number of benzene rings is 2. The lowest BCUT2D eigenvalue weighted by molar-refractivity contribution is -0.133. The average molecular weight is 464 g/mol. The second-order valence-electron chi connectivity index (χ2n) is 7.89. The van der Waals surface area contributed by atoms with Gasteiger partial charge in [0.25, 0.3) is 0 Å². The Labute approximate surface area is 187 Å². The van der Waals surface area contributed by atoms with Crippen LogP contribution in [-0.2, 0) is 21.4 Å². The van der Waals surface area contributed by atoms with E-state index in [-0.39, 0.29) is 30.4 Å². The van der Waals surface area contributed by atoms with Crippen LogP contribution >= 0.6 is 0 Å². The van der Waals surface area contributed by atoms with Crippen molar-refractivity contribution < 1.29 is 27.1 Å². The molecule has 0 bridgehead atoms. The lowest BCUT2D eigenvalue weighted by atomic mass is 10.2. The summed E-state index contributed by atoms with van der Waals surface area (Å²) in [5.74, 6) is 0.780. The Balaban J connectivity index is 1.30. The molecule has 0 saturated carbocycles. The number of hydrogen-bond donors (Lipinski definition) is 0. The maximum Gasteiger partial charge on any atom is 0.243 e. The van der Waals surface area contributed by atoms with Crippen molar-refractivity contribution in [3.8, 4) is 11.5 Å². The first-order valence-corrected chi connectivity index (χ1v) is 11.9. The van der Waals surface area contributed by atoms with Crippen molar-refractivity contribution in [2.45, 2.75) is 11.4 Å². The van der Waals surface area contributed by atoms with Crippen molar-refractivity contribution in [1.82, 2.24) is 14.1 Å². The summed E-state index contributed by atoms with van der Waals surface area (Å²) >= 11 is 0. The van der Waals surface area contributed by atoms with Crippen LogP contribution in [0.25, 0.3) is 0 Å². The number of likely N-dealkylation sites (N-methyl/N-ethyl adjacent to an activating group) is 1. The van der Waals surface area contributed by atoms with Crippen LogP contribution in [0.1, 0.15) is 5.56 Å². The number of sulfonamides is 1. The normalized spacial score (nSPS) is 16.9. The van der Waals surface area contributed by atoms with Gasteiger partial charge in [-0.3, -0.25) is 9.69 Å². The van der Waals surface area contributed by atoms with E-state index in [1.165, 1.54) is 22.5 Å². The molecule has 0 aromatic heterocycles. The van der Waals surface area contributed by atoms with Gasteiger partial charge in [-0.25, -0.2) is 12.8 Å². The van der Waals surface area contributed by atoms with Crippen molar-refractivity contribution in [3.05, 3.63) is 53.8 Å². The molecule has 1 amide bonds. The zero-order valence-electron chi connectivity index (χ0n) is 17.9. The highest BCUT2D eigenvalue weighted by atomic mass is 32.2. The largest absolute Gasteiger partial charge is 0.486 e. The second-order valence-corrected chi connectivity index (χ2v) is 9.83. The third-order valence-electron chi connectivity index (χ3n) is 5.49. The van der Waals surface area contributed by atoms with Crippen molar-refractivity contribution in [2.24, 2.45) is 0 Å². The van der Waals surface area contributed by atoms with Gasteiger partial charge in [-0.05, 0) is 42.9 Å². The third kappa shape index (κ3) is 5.03. The molecule has 8 nitrogen and oxygen atoms in total. The summed E-state index contributed by atoms with van der Waals surface area (Å²) in [6.07, 6.45) is 0. The molecule has 0 spiro atoms. The van der Waals surface area contributed by atoms with Crippen LogP contribution in [0.15, 0.2) is 47.4 Å². The van der Waals surface area contributed by atoms with Crippen LogP contribution in [0.3, 0.4) is 0 Å². The monoisotopic (exact) mass is 463 g/mol. The number of piperazine rings is 1. The number of amides is 1. The predicted molar refractivity (Wildman–Crippen MR) is 116 cm³/mol. The van der Waals surface area contributed by atoms with E-state index in [0.717, 1.165) is 17.4 Å².